The monoisotopic (exact) mass is 226 g/mol. The van der Waals surface area contributed by atoms with Gasteiger partial charge in [-0.05, 0) is 6.92 Å². The Hall–Kier alpha value is 2.04. The Kier molecular flexibility index (Phi) is 24.4. The number of hydrogen-bond acceptors (Lipinski definition) is 2. The maximum Gasteiger partial charge on any atom is 0.618 e. The van der Waals surface area contributed by atoms with Crippen LogP contribution in [0.25, 0.3) is 0 Å². The molecule has 0 amide bonds. The number of aliphatic hydroxyl groups is 1. The largest absolute Gasteiger partial charge is 0.618 e. The molecule has 3 nitrogen and oxygen atoms in total. The van der Waals surface area contributed by atoms with Crippen LogP contribution in [0.4, 0.5) is 0 Å². The number of aliphatic carboxylic acids is 1. The molecular formula is C3H8CaCl2MgO3. The quantitative estimate of drug-likeness (QED) is 0.596. The van der Waals surface area contributed by atoms with Gasteiger partial charge in [-0.3, -0.25) is 0 Å². The molecule has 0 aromatic heterocycles. The summed E-state index contributed by atoms with van der Waals surface area (Å²) < 4.78 is 0. The van der Waals surface area contributed by atoms with E-state index in [2.05, 4.69) is 0 Å². The Morgan fingerprint density at radius 2 is 1.70 bits per heavy atom. The maximum atomic E-state index is 9.45. The minimum absolute atomic E-state index is 0. The van der Waals surface area contributed by atoms with Crippen molar-refractivity contribution in [3.63, 3.8) is 0 Å². The van der Waals surface area contributed by atoms with Gasteiger partial charge >= 0.3 is 61.9 Å². The van der Waals surface area contributed by atoms with Gasteiger partial charge < -0.3 is 28.4 Å². The van der Waals surface area contributed by atoms with E-state index in [1.54, 1.807) is 0 Å². The van der Waals surface area contributed by atoms with Crippen LogP contribution in [0.3, 0.4) is 0 Å². The molecule has 0 spiro atoms. The van der Waals surface area contributed by atoms with E-state index in [4.69, 9.17) is 28.4 Å². The molecule has 0 aromatic rings. The number of rotatable bonds is 1. The first kappa shape index (κ1) is 18.0. The second kappa shape index (κ2) is 13.6. The number of halogens is 2. The summed E-state index contributed by atoms with van der Waals surface area (Å²) >= 11 is -0.639. The number of aliphatic hydroxyl groups excluding tert-OH is 1. The Morgan fingerprint density at radius 3 is 1.70 bits per heavy atom. The average molecular weight is 227 g/mol. The molecule has 0 radical (unpaired) electrons. The summed E-state index contributed by atoms with van der Waals surface area (Å²) in [6.07, 6.45) is -1.23. The fourth-order valence-corrected chi connectivity index (χ4v) is 0. The third kappa shape index (κ3) is 22.5. The second-order valence-electron chi connectivity index (χ2n) is 1.12. The summed E-state index contributed by atoms with van der Waals surface area (Å²) in [7, 11) is 9.81. The van der Waals surface area contributed by atoms with Crippen LogP contribution in [0.15, 0.2) is 0 Å². The van der Waals surface area contributed by atoms with Gasteiger partial charge in [0.1, 0.15) is 6.10 Å². The maximum absolute atomic E-state index is 9.45. The van der Waals surface area contributed by atoms with Crippen LogP contribution in [0.5, 0.6) is 0 Å². The van der Waals surface area contributed by atoms with Crippen molar-refractivity contribution in [3.05, 3.63) is 0 Å². The van der Waals surface area contributed by atoms with E-state index >= 15 is 0 Å². The zero-order valence-electron chi connectivity index (χ0n) is 4.84. The number of carboxylic acids is 1. The molecular weight excluding hydrogens is 219 g/mol. The van der Waals surface area contributed by atoms with Crippen molar-refractivity contribution >= 4 is 80.0 Å². The molecule has 7 heteroatoms. The molecule has 10 heavy (non-hydrogen) atoms. The van der Waals surface area contributed by atoms with Crippen molar-refractivity contribution in [2.75, 3.05) is 0 Å². The summed E-state index contributed by atoms with van der Waals surface area (Å²) in [4.78, 5) is 9.45. The van der Waals surface area contributed by atoms with Crippen molar-refractivity contribution in [2.24, 2.45) is 0 Å². The first-order chi connectivity index (χ1) is 4.06. The van der Waals surface area contributed by atoms with Crippen molar-refractivity contribution in [2.45, 2.75) is 13.0 Å². The van der Waals surface area contributed by atoms with Gasteiger partial charge in [-0.2, -0.15) is 0 Å². The molecule has 2 N–H and O–H groups in total. The van der Waals surface area contributed by atoms with Crippen LogP contribution >= 0.6 is 18.1 Å². The predicted octanol–water partition coefficient (Wildman–Crippen LogP) is -0.466. The van der Waals surface area contributed by atoms with Crippen LogP contribution in [0.2, 0.25) is 0 Å². The van der Waals surface area contributed by atoms with Gasteiger partial charge in [-0.15, -0.1) is 0 Å². The van der Waals surface area contributed by atoms with Gasteiger partial charge in [0.15, 0.2) is 0 Å². The van der Waals surface area contributed by atoms with Crippen LogP contribution in [0.1, 0.15) is 6.92 Å². The third-order valence-corrected chi connectivity index (χ3v) is 0.357. The zero-order valence-corrected chi connectivity index (χ0v) is 7.77. The molecule has 0 heterocycles. The first-order valence-electron chi connectivity index (χ1n) is 2.09. The van der Waals surface area contributed by atoms with Crippen LogP contribution in [-0.4, -0.2) is 78.2 Å². The van der Waals surface area contributed by atoms with E-state index in [1.165, 1.54) is 6.92 Å². The minimum Gasteiger partial charge on any atom is -0.309 e. The van der Waals surface area contributed by atoms with Gasteiger partial charge in [-0.1, -0.05) is 0 Å². The van der Waals surface area contributed by atoms with Gasteiger partial charge in [0.25, 0.3) is 0 Å². The molecule has 0 aliphatic carbocycles. The Labute approximate surface area is 106 Å². The third-order valence-electron chi connectivity index (χ3n) is 0.357. The van der Waals surface area contributed by atoms with E-state index in [0.29, 0.717) is 0 Å². The second-order valence-corrected chi connectivity index (χ2v) is 3.74. The molecule has 0 rings (SSSR count). The fraction of sp³-hybridized carbons (Fsp3) is 0.667. The average Bonchev–Trinajstić information content (AvgIpc) is 1.68. The smallest absolute Gasteiger partial charge is 0.309 e. The van der Waals surface area contributed by atoms with E-state index in [1.807, 2.05) is 0 Å². The molecule has 0 fully saturated rings. The SMILES string of the molecule is CC(O)C(=O)O.[CaH2].[Cl][Mg][Cl]. The summed E-state index contributed by atoms with van der Waals surface area (Å²) in [6, 6.07) is 0. The summed E-state index contributed by atoms with van der Waals surface area (Å²) in [5.74, 6) is -1.19. The van der Waals surface area contributed by atoms with Crippen molar-refractivity contribution in [1.82, 2.24) is 0 Å². The van der Waals surface area contributed by atoms with Gasteiger partial charge in [0.05, 0.1) is 0 Å². The van der Waals surface area contributed by atoms with Gasteiger partial charge in [0.2, 0.25) is 0 Å². The molecule has 0 saturated heterocycles. The molecule has 0 bridgehead atoms. The molecule has 0 aliphatic rings. The molecule has 0 aromatic carbocycles. The molecule has 1 unspecified atom stereocenters. The van der Waals surface area contributed by atoms with E-state index in [0.717, 1.165) is 0 Å². The van der Waals surface area contributed by atoms with Gasteiger partial charge in [-0.25, -0.2) is 4.79 Å². The number of carboxylic acid groups (broad SMARTS) is 1. The molecule has 56 valence electrons. The standard InChI is InChI=1S/C3H6O3.Ca.2ClH.Mg.2H/c1-2(4)3(5)6;;;;;;/h2,4H,1H3,(H,5,6);;2*1H;;;/q;;;;+2;;/p-2. The van der Waals surface area contributed by atoms with Gasteiger partial charge in [0, 0.05) is 0 Å². The summed E-state index contributed by atoms with van der Waals surface area (Å²) in [5, 5.41) is 15.8. The van der Waals surface area contributed by atoms with Crippen molar-refractivity contribution in [1.29, 1.82) is 0 Å². The Balaban J connectivity index is -0.000000107. The normalized spacial score (nSPS) is 9.20. The molecule has 1 atom stereocenters. The zero-order chi connectivity index (χ0) is 7.86. The van der Waals surface area contributed by atoms with E-state index < -0.39 is 30.2 Å². The topological polar surface area (TPSA) is 57.5 Å². The molecule has 0 aliphatic heterocycles. The first-order valence-corrected chi connectivity index (χ1v) is 6.36. The fourth-order valence-electron chi connectivity index (χ4n) is 0. The van der Waals surface area contributed by atoms with E-state index in [9.17, 15) is 4.79 Å². The Morgan fingerprint density at radius 1 is 1.60 bits per heavy atom. The van der Waals surface area contributed by atoms with Crippen molar-refractivity contribution in [3.8, 4) is 0 Å². The predicted molar refractivity (Wildman–Crippen MR) is 45.3 cm³/mol. The summed E-state index contributed by atoms with van der Waals surface area (Å²) in [6.45, 7) is 1.20. The van der Waals surface area contributed by atoms with Crippen molar-refractivity contribution < 1.29 is 15.0 Å². The molecule has 0 saturated carbocycles. The van der Waals surface area contributed by atoms with Crippen LogP contribution in [0, 0.1) is 0 Å². The van der Waals surface area contributed by atoms with E-state index in [-0.39, 0.29) is 37.7 Å². The summed E-state index contributed by atoms with van der Waals surface area (Å²) in [5.41, 5.74) is 0. The van der Waals surface area contributed by atoms with Crippen LogP contribution < -0.4 is 0 Å². The van der Waals surface area contributed by atoms with Crippen LogP contribution in [-0.2, 0) is 4.79 Å². The number of carbonyl (C=O) groups is 1. The Bertz CT molecular complexity index is 82.1. The number of hydrogen-bond donors (Lipinski definition) is 2. The minimum atomic E-state index is -1.23.